The molecule has 0 unspecified atom stereocenters. The zero-order chi connectivity index (χ0) is 28.7. The molecule has 0 saturated carbocycles. The second kappa shape index (κ2) is 17.0. The summed E-state index contributed by atoms with van der Waals surface area (Å²) in [5.41, 5.74) is -1.75. The Morgan fingerprint density at radius 1 is 0.625 bits per heavy atom. The van der Waals surface area contributed by atoms with Gasteiger partial charge >= 0.3 is 11.4 Å². The number of aryl methyl sites for hydroxylation is 1. The average Bonchev–Trinajstić information content (AvgIpc) is 2.93. The van der Waals surface area contributed by atoms with Crippen molar-refractivity contribution in [3.8, 4) is 11.4 Å². The molecule has 9 heteroatoms. The van der Waals surface area contributed by atoms with Gasteiger partial charge in [0.2, 0.25) is 0 Å². The van der Waals surface area contributed by atoms with Gasteiger partial charge in [0.25, 0.3) is 11.1 Å². The Labute approximate surface area is 236 Å². The fourth-order valence-electron chi connectivity index (χ4n) is 5.51. The zero-order valence-corrected chi connectivity index (χ0v) is 24.7. The second-order valence-electron chi connectivity index (χ2n) is 11.2. The van der Waals surface area contributed by atoms with Crippen molar-refractivity contribution in [3.63, 3.8) is 0 Å². The van der Waals surface area contributed by atoms with Crippen LogP contribution in [0.1, 0.15) is 129 Å². The van der Waals surface area contributed by atoms with E-state index in [4.69, 9.17) is 0 Å². The van der Waals surface area contributed by atoms with E-state index in [9.17, 15) is 19.2 Å². The molecule has 0 aliphatic carbocycles. The van der Waals surface area contributed by atoms with Gasteiger partial charge in [-0.3, -0.25) is 24.1 Å². The van der Waals surface area contributed by atoms with Crippen LogP contribution in [-0.4, -0.2) is 24.1 Å². The van der Waals surface area contributed by atoms with Crippen LogP contribution in [0, 0.1) is 0 Å². The first-order chi connectivity index (χ1) is 19.5. The summed E-state index contributed by atoms with van der Waals surface area (Å²) < 4.78 is 2.85. The Kier molecular flexibility index (Phi) is 13.4. The number of hydrogen-bond donors (Lipinski definition) is 2. The summed E-state index contributed by atoms with van der Waals surface area (Å²) in [6.07, 6.45) is 21.8. The van der Waals surface area contributed by atoms with E-state index in [1.807, 2.05) is 6.92 Å². The monoisotopic (exact) mass is 555 g/mol. The lowest BCUT2D eigenvalue weighted by molar-refractivity contribution is 0.521. The van der Waals surface area contributed by atoms with Crippen LogP contribution in [0.4, 0.5) is 0 Å². The van der Waals surface area contributed by atoms with Crippen molar-refractivity contribution in [2.24, 2.45) is 0 Å². The SMILES string of the molecule is CCCCCCCCCCCCCCCCCCn1c2nc(=O)[nH]c(=O)c-2cc2c(=O)n(CCCC)c(=O)[nH]c21. The lowest BCUT2D eigenvalue weighted by atomic mass is 10.0. The minimum Gasteiger partial charge on any atom is -0.311 e. The number of hydrogen-bond acceptors (Lipinski definition) is 5. The number of aromatic amines is 2. The van der Waals surface area contributed by atoms with Crippen molar-refractivity contribution in [3.05, 3.63) is 47.7 Å². The van der Waals surface area contributed by atoms with Crippen LogP contribution in [0.5, 0.6) is 0 Å². The fraction of sp³-hybridized carbons (Fsp3) is 0.710. The Morgan fingerprint density at radius 2 is 1.12 bits per heavy atom. The molecular formula is C31H49N5O4. The van der Waals surface area contributed by atoms with Crippen molar-refractivity contribution in [2.45, 2.75) is 143 Å². The normalized spacial score (nSPS) is 11.7. The Bertz CT molecular complexity index is 1380. The summed E-state index contributed by atoms with van der Waals surface area (Å²) in [5, 5.41) is 0.255. The van der Waals surface area contributed by atoms with Gasteiger partial charge in [-0.05, 0) is 18.9 Å². The molecular weight excluding hydrogens is 506 g/mol. The molecule has 3 rings (SSSR count). The predicted octanol–water partition coefficient (Wildman–Crippen LogP) is 6.10. The molecule has 9 nitrogen and oxygen atoms in total. The molecule has 0 fully saturated rings. The summed E-state index contributed by atoms with van der Waals surface area (Å²) in [6, 6.07) is 1.45. The lowest BCUT2D eigenvalue weighted by Gasteiger charge is -2.17. The maximum atomic E-state index is 13.2. The summed E-state index contributed by atoms with van der Waals surface area (Å²) in [7, 11) is 0. The van der Waals surface area contributed by atoms with Gasteiger partial charge in [-0.1, -0.05) is 117 Å². The van der Waals surface area contributed by atoms with Crippen molar-refractivity contribution >= 4 is 11.0 Å². The number of unbranched alkanes of at least 4 members (excludes halogenated alkanes) is 16. The highest BCUT2D eigenvalue weighted by Crippen LogP contribution is 2.21. The van der Waals surface area contributed by atoms with Crippen LogP contribution in [0.2, 0.25) is 0 Å². The van der Waals surface area contributed by atoms with Crippen LogP contribution < -0.4 is 22.5 Å². The third kappa shape index (κ3) is 9.03. The molecule has 40 heavy (non-hydrogen) atoms. The molecule has 2 N–H and O–H groups in total. The van der Waals surface area contributed by atoms with Crippen LogP contribution in [0.15, 0.2) is 25.2 Å². The van der Waals surface area contributed by atoms with Crippen LogP contribution >= 0.6 is 0 Å². The van der Waals surface area contributed by atoms with E-state index < -0.39 is 22.5 Å². The van der Waals surface area contributed by atoms with E-state index in [0.29, 0.717) is 25.2 Å². The molecule has 0 bridgehead atoms. The van der Waals surface area contributed by atoms with Crippen molar-refractivity contribution in [2.75, 3.05) is 0 Å². The molecule has 0 spiro atoms. The molecule has 2 aliphatic rings. The molecule has 0 atom stereocenters. The maximum Gasteiger partial charge on any atom is 0.349 e. The number of nitrogens with zero attached hydrogens (tertiary/aromatic N) is 3. The minimum absolute atomic E-state index is 0.176. The molecule has 3 heterocycles. The third-order valence-corrected chi connectivity index (χ3v) is 7.90. The molecule has 2 aliphatic heterocycles. The number of H-pyrrole nitrogens is 2. The second-order valence-corrected chi connectivity index (χ2v) is 11.2. The Morgan fingerprint density at radius 3 is 1.68 bits per heavy atom. The highest BCUT2D eigenvalue weighted by molar-refractivity contribution is 5.81. The van der Waals surface area contributed by atoms with Gasteiger partial charge in [-0.25, -0.2) is 9.59 Å². The Balaban J connectivity index is 1.51. The first-order valence-corrected chi connectivity index (χ1v) is 15.8. The Hall–Kier alpha value is -2.97. The number of pyridine rings is 1. The first-order valence-electron chi connectivity index (χ1n) is 15.8. The predicted molar refractivity (Wildman–Crippen MR) is 163 cm³/mol. The van der Waals surface area contributed by atoms with Crippen LogP contribution in [-0.2, 0) is 13.1 Å². The van der Waals surface area contributed by atoms with Gasteiger partial charge in [0.1, 0.15) is 5.65 Å². The van der Waals surface area contributed by atoms with Crippen molar-refractivity contribution in [1.29, 1.82) is 0 Å². The quantitative estimate of drug-likeness (QED) is 0.129. The van der Waals surface area contributed by atoms with Crippen molar-refractivity contribution < 1.29 is 0 Å². The van der Waals surface area contributed by atoms with Gasteiger partial charge < -0.3 is 4.57 Å². The highest BCUT2D eigenvalue weighted by Gasteiger charge is 2.20. The van der Waals surface area contributed by atoms with Crippen molar-refractivity contribution in [1.82, 2.24) is 24.1 Å². The standard InChI is InChI=1S/C31H49N5O4/c1-3-5-7-8-9-10-11-12-13-14-15-16-17-18-19-20-22-35-26-24(28(37)34-30(39)32-26)23-25-27(35)33-31(40)36(29(25)38)21-6-4-2/h23H,3-22H2,1-2H3,(H,33,40)(H,34,37,39). The molecule has 0 radical (unpaired) electrons. The third-order valence-electron chi connectivity index (χ3n) is 7.90. The van der Waals surface area contributed by atoms with E-state index in [1.165, 1.54) is 94.1 Å². The number of fused-ring (bicyclic) bond motifs is 2. The van der Waals surface area contributed by atoms with Gasteiger partial charge in [0.05, 0.1) is 10.9 Å². The van der Waals surface area contributed by atoms with Gasteiger partial charge in [-0.2, -0.15) is 4.98 Å². The smallest absolute Gasteiger partial charge is 0.311 e. The summed E-state index contributed by atoms with van der Waals surface area (Å²) in [6.45, 7) is 5.02. The maximum absolute atomic E-state index is 13.2. The van der Waals surface area contributed by atoms with Gasteiger partial charge in [0.15, 0.2) is 5.82 Å². The molecule has 0 amide bonds. The summed E-state index contributed by atoms with van der Waals surface area (Å²) in [5.74, 6) is 0.198. The average molecular weight is 556 g/mol. The summed E-state index contributed by atoms with van der Waals surface area (Å²) >= 11 is 0. The fourth-order valence-corrected chi connectivity index (χ4v) is 5.51. The first kappa shape index (κ1) is 31.6. The molecule has 0 saturated heterocycles. The number of rotatable bonds is 20. The molecule has 0 aromatic carbocycles. The van der Waals surface area contributed by atoms with Crippen LogP contribution in [0.3, 0.4) is 0 Å². The van der Waals surface area contributed by atoms with E-state index in [1.54, 1.807) is 4.57 Å². The topological polar surface area (TPSA) is 123 Å². The summed E-state index contributed by atoms with van der Waals surface area (Å²) in [4.78, 5) is 59.6. The van der Waals surface area contributed by atoms with Gasteiger partial charge in [0, 0.05) is 13.1 Å². The molecule has 1 aromatic heterocycles. The lowest BCUT2D eigenvalue weighted by Crippen LogP contribution is -2.37. The van der Waals surface area contributed by atoms with E-state index in [2.05, 4.69) is 21.9 Å². The van der Waals surface area contributed by atoms with E-state index in [-0.39, 0.29) is 16.8 Å². The zero-order valence-electron chi connectivity index (χ0n) is 24.7. The molecule has 222 valence electrons. The number of nitrogens with one attached hydrogen (secondary N) is 2. The van der Waals surface area contributed by atoms with Gasteiger partial charge in [-0.15, -0.1) is 0 Å². The number of aromatic nitrogens is 5. The molecule has 1 aromatic rings. The van der Waals surface area contributed by atoms with Crippen LogP contribution in [0.25, 0.3) is 22.4 Å². The highest BCUT2D eigenvalue weighted by atomic mass is 16.2. The minimum atomic E-state index is -0.740. The largest absolute Gasteiger partial charge is 0.349 e. The van der Waals surface area contributed by atoms with E-state index >= 15 is 0 Å². The van der Waals surface area contributed by atoms with E-state index in [0.717, 1.165) is 25.7 Å².